The van der Waals surface area contributed by atoms with E-state index in [0.717, 1.165) is 12.8 Å². The maximum absolute atomic E-state index is 13.8. The summed E-state index contributed by atoms with van der Waals surface area (Å²) in [5.41, 5.74) is 1.20. The van der Waals surface area contributed by atoms with Crippen molar-refractivity contribution in [1.29, 1.82) is 0 Å². The van der Waals surface area contributed by atoms with Crippen LogP contribution < -0.4 is 5.32 Å². The molecule has 0 atom stereocenters. The van der Waals surface area contributed by atoms with Crippen LogP contribution in [0.1, 0.15) is 24.1 Å². The van der Waals surface area contributed by atoms with Crippen LogP contribution in [-0.2, 0) is 6.54 Å². The smallest absolute Gasteiger partial charge is 0.318 e. The molecular weight excluding hydrogens is 309 g/mol. The Morgan fingerprint density at radius 3 is 2.92 bits per heavy atom. The highest BCUT2D eigenvalue weighted by Gasteiger charge is 2.32. The first kappa shape index (κ1) is 16.2. The lowest BCUT2D eigenvalue weighted by atomic mass is 10.2. The predicted molar refractivity (Wildman–Crippen MR) is 89.2 cm³/mol. The highest BCUT2D eigenvalue weighted by Crippen LogP contribution is 2.27. The second-order valence-corrected chi connectivity index (χ2v) is 5.87. The van der Waals surface area contributed by atoms with E-state index >= 15 is 0 Å². The third-order valence-electron chi connectivity index (χ3n) is 4.06. The van der Waals surface area contributed by atoms with Gasteiger partial charge in [-0.2, -0.15) is 0 Å². The number of nitrogens with one attached hydrogen (secondary N) is 1. The average Bonchev–Trinajstić information content (AvgIpc) is 3.35. The average molecular weight is 329 g/mol. The number of amides is 2. The Kier molecular flexibility index (Phi) is 4.59. The zero-order chi connectivity index (χ0) is 17.1. The van der Waals surface area contributed by atoms with Gasteiger partial charge >= 0.3 is 6.03 Å². The molecule has 0 radical (unpaired) electrons. The summed E-state index contributed by atoms with van der Waals surface area (Å²) >= 11 is 0. The van der Waals surface area contributed by atoms with Crippen LogP contribution in [0, 0.1) is 12.7 Å². The lowest BCUT2D eigenvalue weighted by Crippen LogP contribution is -2.37. The number of anilines is 1. The van der Waals surface area contributed by atoms with E-state index in [1.165, 1.54) is 6.07 Å². The molecule has 0 bridgehead atoms. The molecule has 1 aromatic heterocycles. The first-order valence-electron chi connectivity index (χ1n) is 7.92. The largest absolute Gasteiger partial charge is 0.323 e. The first-order chi connectivity index (χ1) is 11.6. The van der Waals surface area contributed by atoms with Gasteiger partial charge in [0.25, 0.3) is 0 Å². The Labute approximate surface area is 140 Å². The third kappa shape index (κ3) is 3.45. The summed E-state index contributed by atoms with van der Waals surface area (Å²) in [4.78, 5) is 14.1. The fourth-order valence-corrected chi connectivity index (χ4v) is 2.51. The van der Waals surface area contributed by atoms with Gasteiger partial charge in [-0.25, -0.2) is 13.9 Å². The van der Waals surface area contributed by atoms with Crippen LogP contribution in [0.3, 0.4) is 0 Å². The molecule has 7 heteroatoms. The van der Waals surface area contributed by atoms with Crippen molar-refractivity contribution >= 4 is 11.8 Å². The summed E-state index contributed by atoms with van der Waals surface area (Å²) in [6.45, 7) is 6.25. The predicted octanol–water partition coefficient (Wildman–Crippen LogP) is 2.96. The standard InChI is InChI=1S/C17H20FN5O/c1-3-10-22(14-8-9-14)17(24)19-16-12(2)23(21-20-16)11-13-6-4-5-7-15(13)18/h3-7,14H,1,8-11H2,2H3,(H,19,24). The number of hydrogen-bond donors (Lipinski definition) is 1. The zero-order valence-corrected chi connectivity index (χ0v) is 13.6. The normalized spacial score (nSPS) is 13.6. The van der Waals surface area contributed by atoms with Gasteiger partial charge in [0.1, 0.15) is 5.82 Å². The lowest BCUT2D eigenvalue weighted by molar-refractivity contribution is 0.214. The van der Waals surface area contributed by atoms with Gasteiger partial charge in [0.15, 0.2) is 5.82 Å². The monoisotopic (exact) mass is 329 g/mol. The van der Waals surface area contributed by atoms with Crippen LogP contribution >= 0.6 is 0 Å². The maximum atomic E-state index is 13.8. The topological polar surface area (TPSA) is 63.1 Å². The SMILES string of the molecule is C=CCN(C(=O)Nc1nnn(Cc2ccccc2F)c1C)C1CC1. The molecule has 2 aromatic rings. The van der Waals surface area contributed by atoms with Crippen molar-refractivity contribution in [2.45, 2.75) is 32.4 Å². The highest BCUT2D eigenvalue weighted by molar-refractivity contribution is 5.89. The number of nitrogens with zero attached hydrogens (tertiary/aromatic N) is 4. The van der Waals surface area contributed by atoms with Crippen molar-refractivity contribution in [2.75, 3.05) is 11.9 Å². The van der Waals surface area contributed by atoms with Gasteiger partial charge in [-0.15, -0.1) is 11.7 Å². The van der Waals surface area contributed by atoms with E-state index in [1.54, 1.807) is 40.8 Å². The van der Waals surface area contributed by atoms with Crippen molar-refractivity contribution in [2.24, 2.45) is 0 Å². The van der Waals surface area contributed by atoms with Crippen LogP contribution in [0.4, 0.5) is 15.0 Å². The van der Waals surface area contributed by atoms with Crippen molar-refractivity contribution < 1.29 is 9.18 Å². The fraction of sp³-hybridized carbons (Fsp3) is 0.353. The summed E-state index contributed by atoms with van der Waals surface area (Å²) in [5, 5.41) is 10.8. The molecule has 3 rings (SSSR count). The first-order valence-corrected chi connectivity index (χ1v) is 7.92. The van der Waals surface area contributed by atoms with Gasteiger partial charge in [-0.1, -0.05) is 29.5 Å². The summed E-state index contributed by atoms with van der Waals surface area (Å²) in [6.07, 6.45) is 3.74. The number of benzene rings is 1. The molecule has 0 unspecified atom stereocenters. The molecule has 1 aliphatic rings. The van der Waals surface area contributed by atoms with Crippen molar-refractivity contribution in [3.8, 4) is 0 Å². The Balaban J connectivity index is 1.71. The van der Waals surface area contributed by atoms with Crippen molar-refractivity contribution in [3.63, 3.8) is 0 Å². The minimum absolute atomic E-state index is 0.210. The minimum Gasteiger partial charge on any atom is -0.318 e. The zero-order valence-electron chi connectivity index (χ0n) is 13.6. The fourth-order valence-electron chi connectivity index (χ4n) is 2.51. The van der Waals surface area contributed by atoms with Gasteiger partial charge in [0.05, 0.1) is 12.2 Å². The number of rotatable bonds is 6. The third-order valence-corrected chi connectivity index (χ3v) is 4.06. The van der Waals surface area contributed by atoms with Gasteiger partial charge in [-0.3, -0.25) is 5.32 Å². The highest BCUT2D eigenvalue weighted by atomic mass is 19.1. The van der Waals surface area contributed by atoms with Gasteiger partial charge in [0, 0.05) is 18.2 Å². The van der Waals surface area contributed by atoms with Crippen LogP contribution in [0.5, 0.6) is 0 Å². The number of urea groups is 1. The summed E-state index contributed by atoms with van der Waals surface area (Å²) in [6, 6.07) is 6.59. The van der Waals surface area contributed by atoms with Crippen LogP contribution in [-0.4, -0.2) is 38.5 Å². The molecule has 1 saturated carbocycles. The molecule has 0 spiro atoms. The van der Waals surface area contributed by atoms with Crippen LogP contribution in [0.25, 0.3) is 0 Å². The molecule has 24 heavy (non-hydrogen) atoms. The number of halogens is 1. The number of aromatic nitrogens is 3. The summed E-state index contributed by atoms with van der Waals surface area (Å²) < 4.78 is 15.3. The van der Waals surface area contributed by atoms with E-state index in [4.69, 9.17) is 0 Å². The molecule has 1 heterocycles. The van der Waals surface area contributed by atoms with E-state index < -0.39 is 0 Å². The second kappa shape index (κ2) is 6.82. The van der Waals surface area contributed by atoms with E-state index in [9.17, 15) is 9.18 Å². The van der Waals surface area contributed by atoms with E-state index in [0.29, 0.717) is 23.6 Å². The van der Waals surface area contributed by atoms with E-state index in [2.05, 4.69) is 22.2 Å². The Morgan fingerprint density at radius 1 is 1.50 bits per heavy atom. The van der Waals surface area contributed by atoms with E-state index in [-0.39, 0.29) is 24.4 Å². The molecule has 1 fully saturated rings. The molecule has 6 nitrogen and oxygen atoms in total. The molecule has 1 aliphatic carbocycles. The summed E-state index contributed by atoms with van der Waals surface area (Å²) in [5.74, 6) is 0.106. The van der Waals surface area contributed by atoms with E-state index in [1.807, 2.05) is 0 Å². The lowest BCUT2D eigenvalue weighted by Gasteiger charge is -2.20. The molecular formula is C17H20FN5O. The quantitative estimate of drug-likeness (QED) is 0.829. The van der Waals surface area contributed by atoms with Gasteiger partial charge < -0.3 is 4.90 Å². The van der Waals surface area contributed by atoms with Crippen molar-refractivity contribution in [3.05, 3.63) is 54.0 Å². The van der Waals surface area contributed by atoms with Gasteiger partial charge in [0.2, 0.25) is 0 Å². The number of hydrogen-bond acceptors (Lipinski definition) is 3. The molecule has 1 N–H and O–H groups in total. The molecule has 0 aliphatic heterocycles. The Bertz CT molecular complexity index is 753. The Morgan fingerprint density at radius 2 is 2.25 bits per heavy atom. The molecule has 0 saturated heterocycles. The molecule has 126 valence electrons. The molecule has 1 aromatic carbocycles. The summed E-state index contributed by atoms with van der Waals surface area (Å²) in [7, 11) is 0. The maximum Gasteiger partial charge on any atom is 0.323 e. The van der Waals surface area contributed by atoms with Crippen LogP contribution in [0.2, 0.25) is 0 Å². The minimum atomic E-state index is -0.288. The van der Waals surface area contributed by atoms with Crippen LogP contribution in [0.15, 0.2) is 36.9 Å². The van der Waals surface area contributed by atoms with Crippen molar-refractivity contribution in [1.82, 2.24) is 19.9 Å². The number of carbonyl (C=O) groups excluding carboxylic acids is 1. The Hall–Kier alpha value is -2.70. The van der Waals surface area contributed by atoms with Gasteiger partial charge in [-0.05, 0) is 25.8 Å². The second-order valence-electron chi connectivity index (χ2n) is 5.87. The number of carbonyl (C=O) groups is 1. The molecule has 2 amide bonds.